The number of nitrogens with one attached hydrogen (secondary N) is 2. The molecule has 0 spiro atoms. The number of hydrogen-bond donors (Lipinski definition) is 3. The zero-order valence-corrected chi connectivity index (χ0v) is 12.6. The minimum absolute atomic E-state index is 0.198. The SMILES string of the molecule is CC(C)CNS(=O)(=O)NCc1cccc(C(N)=S)c1. The molecule has 0 heterocycles. The van der Waals surface area contributed by atoms with E-state index in [1.165, 1.54) is 0 Å². The summed E-state index contributed by atoms with van der Waals surface area (Å²) >= 11 is 4.88. The molecule has 7 heteroatoms. The van der Waals surface area contributed by atoms with Crippen molar-refractivity contribution in [3.05, 3.63) is 35.4 Å². The zero-order valence-electron chi connectivity index (χ0n) is 11.0. The van der Waals surface area contributed by atoms with E-state index in [-0.39, 0.29) is 12.5 Å². The molecule has 106 valence electrons. The molecule has 0 atom stereocenters. The van der Waals surface area contributed by atoms with Gasteiger partial charge in [-0.2, -0.15) is 13.1 Å². The van der Waals surface area contributed by atoms with E-state index in [0.29, 0.717) is 11.5 Å². The summed E-state index contributed by atoms with van der Waals surface area (Å²) in [6, 6.07) is 7.16. The highest BCUT2D eigenvalue weighted by Gasteiger charge is 2.09. The Bertz CT molecular complexity index is 542. The number of rotatable bonds is 7. The normalized spacial score (nSPS) is 11.7. The third kappa shape index (κ3) is 6.11. The summed E-state index contributed by atoms with van der Waals surface area (Å²) in [5.74, 6) is 0.259. The standard InChI is InChI=1S/C12H19N3O2S2/c1-9(2)7-14-19(16,17)15-8-10-4-3-5-11(6-10)12(13)18/h3-6,9,14-15H,7-8H2,1-2H3,(H2,13,18). The van der Waals surface area contributed by atoms with Crippen LogP contribution in [0.5, 0.6) is 0 Å². The molecule has 0 bridgehead atoms. The van der Waals surface area contributed by atoms with Gasteiger partial charge >= 0.3 is 0 Å². The van der Waals surface area contributed by atoms with Gasteiger partial charge < -0.3 is 5.73 Å². The Morgan fingerprint density at radius 2 is 2.05 bits per heavy atom. The highest BCUT2D eigenvalue weighted by Crippen LogP contribution is 2.05. The second kappa shape index (κ2) is 6.95. The zero-order chi connectivity index (χ0) is 14.5. The minimum atomic E-state index is -3.47. The van der Waals surface area contributed by atoms with Crippen molar-refractivity contribution in [1.29, 1.82) is 0 Å². The molecule has 0 saturated carbocycles. The van der Waals surface area contributed by atoms with E-state index < -0.39 is 10.2 Å². The highest BCUT2D eigenvalue weighted by molar-refractivity contribution is 7.87. The van der Waals surface area contributed by atoms with Crippen molar-refractivity contribution in [1.82, 2.24) is 9.44 Å². The molecular formula is C12H19N3O2S2. The number of hydrogen-bond acceptors (Lipinski definition) is 3. The van der Waals surface area contributed by atoms with Gasteiger partial charge in [-0.25, -0.2) is 4.72 Å². The molecule has 1 aromatic rings. The van der Waals surface area contributed by atoms with E-state index in [4.69, 9.17) is 18.0 Å². The van der Waals surface area contributed by atoms with E-state index in [1.54, 1.807) is 18.2 Å². The molecule has 19 heavy (non-hydrogen) atoms. The number of thiocarbonyl (C=S) groups is 1. The van der Waals surface area contributed by atoms with Gasteiger partial charge in [0.25, 0.3) is 10.2 Å². The minimum Gasteiger partial charge on any atom is -0.389 e. The first kappa shape index (κ1) is 16.0. The number of nitrogens with two attached hydrogens (primary N) is 1. The van der Waals surface area contributed by atoms with Crippen LogP contribution in [0.4, 0.5) is 0 Å². The maximum atomic E-state index is 11.7. The topological polar surface area (TPSA) is 84.2 Å². The monoisotopic (exact) mass is 301 g/mol. The average molecular weight is 301 g/mol. The third-order valence-electron chi connectivity index (χ3n) is 2.36. The van der Waals surface area contributed by atoms with Crippen LogP contribution in [-0.4, -0.2) is 20.0 Å². The molecule has 0 saturated heterocycles. The molecule has 1 rings (SSSR count). The Kier molecular flexibility index (Phi) is 5.86. The largest absolute Gasteiger partial charge is 0.389 e. The smallest absolute Gasteiger partial charge is 0.277 e. The van der Waals surface area contributed by atoms with Gasteiger partial charge in [-0.05, 0) is 17.5 Å². The van der Waals surface area contributed by atoms with Gasteiger partial charge in [0.2, 0.25) is 0 Å². The van der Waals surface area contributed by atoms with Gasteiger partial charge in [0.15, 0.2) is 0 Å². The van der Waals surface area contributed by atoms with Gasteiger partial charge in [0.05, 0.1) is 0 Å². The van der Waals surface area contributed by atoms with Crippen molar-refractivity contribution < 1.29 is 8.42 Å². The lowest BCUT2D eigenvalue weighted by molar-refractivity contribution is 0.547. The molecular weight excluding hydrogens is 282 g/mol. The lowest BCUT2D eigenvalue weighted by Crippen LogP contribution is -2.38. The van der Waals surface area contributed by atoms with Crippen LogP contribution >= 0.6 is 12.2 Å². The van der Waals surface area contributed by atoms with Gasteiger partial charge in [-0.15, -0.1) is 0 Å². The molecule has 0 unspecified atom stereocenters. The second-order valence-electron chi connectivity index (χ2n) is 4.63. The van der Waals surface area contributed by atoms with Crippen molar-refractivity contribution in [3.63, 3.8) is 0 Å². The van der Waals surface area contributed by atoms with Crippen molar-refractivity contribution in [2.45, 2.75) is 20.4 Å². The third-order valence-corrected chi connectivity index (χ3v) is 3.67. The van der Waals surface area contributed by atoms with Crippen LogP contribution in [-0.2, 0) is 16.8 Å². The molecule has 5 nitrogen and oxygen atoms in total. The molecule has 0 aromatic heterocycles. The predicted molar refractivity (Wildman–Crippen MR) is 80.9 cm³/mol. The van der Waals surface area contributed by atoms with Crippen LogP contribution in [0.2, 0.25) is 0 Å². The fraction of sp³-hybridized carbons (Fsp3) is 0.417. The average Bonchev–Trinajstić information content (AvgIpc) is 2.35. The molecule has 0 aliphatic rings. The van der Waals surface area contributed by atoms with E-state index in [2.05, 4.69) is 9.44 Å². The Labute approximate surface area is 119 Å². The fourth-order valence-electron chi connectivity index (χ4n) is 1.34. The van der Waals surface area contributed by atoms with Gasteiger partial charge in [0, 0.05) is 18.7 Å². The molecule has 0 fully saturated rings. The first-order valence-electron chi connectivity index (χ1n) is 5.93. The quantitative estimate of drug-likeness (QED) is 0.653. The number of benzene rings is 1. The summed E-state index contributed by atoms with van der Waals surface area (Å²) in [7, 11) is -3.47. The summed E-state index contributed by atoms with van der Waals surface area (Å²) in [4.78, 5) is 0.294. The Morgan fingerprint density at radius 1 is 1.37 bits per heavy atom. The van der Waals surface area contributed by atoms with Crippen molar-refractivity contribution in [3.8, 4) is 0 Å². The van der Waals surface area contributed by atoms with Crippen LogP contribution in [0.1, 0.15) is 25.0 Å². The Morgan fingerprint density at radius 3 is 2.63 bits per heavy atom. The van der Waals surface area contributed by atoms with Crippen LogP contribution in [0.15, 0.2) is 24.3 Å². The lowest BCUT2D eigenvalue weighted by Gasteiger charge is -2.10. The van der Waals surface area contributed by atoms with Crippen molar-refractivity contribution >= 4 is 27.4 Å². The van der Waals surface area contributed by atoms with Crippen molar-refractivity contribution in [2.75, 3.05) is 6.54 Å². The maximum absolute atomic E-state index is 11.7. The second-order valence-corrected chi connectivity index (χ2v) is 6.66. The molecule has 0 aliphatic carbocycles. The van der Waals surface area contributed by atoms with E-state index in [9.17, 15) is 8.42 Å². The van der Waals surface area contributed by atoms with Gasteiger partial charge in [0.1, 0.15) is 4.99 Å². The first-order chi connectivity index (χ1) is 8.80. The first-order valence-corrected chi connectivity index (χ1v) is 7.82. The van der Waals surface area contributed by atoms with E-state index >= 15 is 0 Å². The summed E-state index contributed by atoms with van der Waals surface area (Å²) < 4.78 is 28.3. The maximum Gasteiger partial charge on any atom is 0.277 e. The summed E-state index contributed by atoms with van der Waals surface area (Å²) in [6.07, 6.45) is 0. The summed E-state index contributed by atoms with van der Waals surface area (Å²) in [6.45, 7) is 4.48. The van der Waals surface area contributed by atoms with E-state index in [1.807, 2.05) is 19.9 Å². The Balaban J connectivity index is 2.61. The van der Waals surface area contributed by atoms with Gasteiger partial charge in [-0.3, -0.25) is 0 Å². The molecule has 0 aliphatic heterocycles. The lowest BCUT2D eigenvalue weighted by atomic mass is 10.1. The molecule has 0 amide bonds. The molecule has 4 N–H and O–H groups in total. The van der Waals surface area contributed by atoms with Crippen LogP contribution in [0.25, 0.3) is 0 Å². The van der Waals surface area contributed by atoms with Crippen LogP contribution in [0, 0.1) is 5.92 Å². The van der Waals surface area contributed by atoms with Crippen LogP contribution in [0.3, 0.4) is 0 Å². The van der Waals surface area contributed by atoms with Crippen molar-refractivity contribution in [2.24, 2.45) is 11.7 Å². The van der Waals surface area contributed by atoms with Crippen LogP contribution < -0.4 is 15.2 Å². The fourth-order valence-corrected chi connectivity index (χ4v) is 2.48. The Hall–Kier alpha value is -1.02. The predicted octanol–water partition coefficient (Wildman–Crippen LogP) is 0.901. The summed E-state index contributed by atoms with van der Waals surface area (Å²) in [5.41, 5.74) is 7.06. The van der Waals surface area contributed by atoms with Gasteiger partial charge in [-0.1, -0.05) is 44.3 Å². The highest BCUT2D eigenvalue weighted by atomic mass is 32.2. The molecule has 1 aromatic carbocycles. The van der Waals surface area contributed by atoms with E-state index in [0.717, 1.165) is 11.1 Å². The molecule has 0 radical (unpaired) electrons. The summed E-state index contributed by atoms with van der Waals surface area (Å²) in [5, 5.41) is 0.